The molecule has 1 aliphatic rings. The van der Waals surface area contributed by atoms with Crippen molar-refractivity contribution in [2.45, 2.75) is 31.3 Å². The number of aliphatic carboxylic acids is 2. The Morgan fingerprint density at radius 3 is 2.47 bits per heavy atom. The summed E-state index contributed by atoms with van der Waals surface area (Å²) in [5.41, 5.74) is 0. The van der Waals surface area contributed by atoms with Crippen LogP contribution in [-0.4, -0.2) is 46.0 Å². The van der Waals surface area contributed by atoms with Gasteiger partial charge in [-0.15, -0.1) is 0 Å². The van der Waals surface area contributed by atoms with Crippen molar-refractivity contribution in [3.63, 3.8) is 0 Å². The van der Waals surface area contributed by atoms with Gasteiger partial charge in [0.05, 0.1) is 6.42 Å². The molecule has 0 saturated carbocycles. The lowest BCUT2D eigenvalue weighted by atomic mass is 10.1. The summed E-state index contributed by atoms with van der Waals surface area (Å²) in [7, 11) is 0. The van der Waals surface area contributed by atoms with Crippen molar-refractivity contribution >= 4 is 23.8 Å². The van der Waals surface area contributed by atoms with Gasteiger partial charge in [0.15, 0.2) is 0 Å². The molecule has 0 aliphatic carbocycles. The second-order valence-electron chi connectivity index (χ2n) is 3.66. The zero-order valence-corrected chi connectivity index (χ0v) is 8.80. The molecule has 1 fully saturated rings. The maximum atomic E-state index is 11.5. The summed E-state index contributed by atoms with van der Waals surface area (Å²) < 4.78 is 0. The van der Waals surface area contributed by atoms with Crippen LogP contribution in [0.2, 0.25) is 0 Å². The molecule has 8 nitrogen and oxygen atoms in total. The van der Waals surface area contributed by atoms with Crippen LogP contribution in [0.25, 0.3) is 0 Å². The van der Waals surface area contributed by atoms with E-state index in [1.165, 1.54) is 0 Å². The molecule has 0 spiro atoms. The molecule has 0 bridgehead atoms. The topological polar surface area (TPSA) is 133 Å². The van der Waals surface area contributed by atoms with Gasteiger partial charge in [0.2, 0.25) is 11.8 Å². The number of amides is 2. The van der Waals surface area contributed by atoms with Crippen LogP contribution in [0, 0.1) is 0 Å². The largest absolute Gasteiger partial charge is 0.481 e. The van der Waals surface area contributed by atoms with Gasteiger partial charge in [0.1, 0.15) is 12.1 Å². The van der Waals surface area contributed by atoms with Crippen LogP contribution >= 0.6 is 0 Å². The van der Waals surface area contributed by atoms with E-state index in [1.807, 2.05) is 0 Å². The second-order valence-corrected chi connectivity index (χ2v) is 3.66. The van der Waals surface area contributed by atoms with E-state index in [9.17, 15) is 19.2 Å². The molecule has 1 aliphatic heterocycles. The van der Waals surface area contributed by atoms with E-state index in [2.05, 4.69) is 10.6 Å². The van der Waals surface area contributed by atoms with E-state index < -0.39 is 36.4 Å². The number of carboxylic acids is 2. The van der Waals surface area contributed by atoms with Gasteiger partial charge in [-0.2, -0.15) is 0 Å². The Morgan fingerprint density at radius 1 is 1.41 bits per heavy atom. The summed E-state index contributed by atoms with van der Waals surface area (Å²) in [4.78, 5) is 43.4. The van der Waals surface area contributed by atoms with Crippen LogP contribution in [0.3, 0.4) is 0 Å². The summed E-state index contributed by atoms with van der Waals surface area (Å²) in [6.45, 7) is 0. The highest BCUT2D eigenvalue weighted by atomic mass is 16.4. The molecule has 0 radical (unpaired) electrons. The van der Waals surface area contributed by atoms with E-state index in [-0.39, 0.29) is 18.7 Å². The van der Waals surface area contributed by atoms with Crippen LogP contribution in [-0.2, 0) is 19.2 Å². The Labute approximate surface area is 96.0 Å². The fourth-order valence-corrected chi connectivity index (χ4v) is 1.46. The highest BCUT2D eigenvalue weighted by Crippen LogP contribution is 2.07. The Kier molecular flexibility index (Phi) is 4.02. The molecule has 8 heteroatoms. The third-order valence-corrected chi connectivity index (χ3v) is 2.31. The fraction of sp³-hybridized carbons (Fsp3) is 0.556. The normalized spacial score (nSPS) is 20.5. The molecule has 17 heavy (non-hydrogen) atoms. The number of nitrogens with one attached hydrogen (secondary N) is 2. The van der Waals surface area contributed by atoms with Crippen molar-refractivity contribution in [2.75, 3.05) is 0 Å². The van der Waals surface area contributed by atoms with Gasteiger partial charge in [-0.3, -0.25) is 14.4 Å². The second kappa shape index (κ2) is 5.28. The Hall–Kier alpha value is -2.12. The van der Waals surface area contributed by atoms with Gasteiger partial charge in [0, 0.05) is 6.42 Å². The number of carbonyl (C=O) groups excluding carboxylic acids is 2. The van der Waals surface area contributed by atoms with Gasteiger partial charge in [0.25, 0.3) is 0 Å². The maximum Gasteiger partial charge on any atom is 0.326 e. The van der Waals surface area contributed by atoms with Crippen molar-refractivity contribution in [3.05, 3.63) is 0 Å². The predicted molar refractivity (Wildman–Crippen MR) is 53.0 cm³/mol. The molecule has 2 amide bonds. The van der Waals surface area contributed by atoms with Crippen LogP contribution < -0.4 is 10.6 Å². The zero-order valence-electron chi connectivity index (χ0n) is 8.80. The lowest BCUT2D eigenvalue weighted by Crippen LogP contribution is -2.49. The molecule has 1 unspecified atom stereocenters. The Balaban J connectivity index is 2.55. The first-order valence-corrected chi connectivity index (χ1v) is 4.94. The quantitative estimate of drug-likeness (QED) is 0.456. The monoisotopic (exact) mass is 244 g/mol. The average molecular weight is 244 g/mol. The Morgan fingerprint density at radius 2 is 2.06 bits per heavy atom. The van der Waals surface area contributed by atoms with Crippen LogP contribution in [0.4, 0.5) is 0 Å². The molecule has 2 atom stereocenters. The lowest BCUT2D eigenvalue weighted by Gasteiger charge is -2.15. The fourth-order valence-electron chi connectivity index (χ4n) is 1.46. The molecule has 0 aromatic rings. The minimum atomic E-state index is -1.49. The number of rotatable bonds is 5. The molecular formula is C9H12N2O6. The number of carbonyl (C=O) groups is 4. The van der Waals surface area contributed by atoms with E-state index in [0.717, 1.165) is 0 Å². The molecule has 94 valence electrons. The van der Waals surface area contributed by atoms with Gasteiger partial charge in [-0.25, -0.2) is 4.79 Å². The van der Waals surface area contributed by atoms with Crippen molar-refractivity contribution in [1.82, 2.24) is 10.6 Å². The average Bonchev–Trinajstić information content (AvgIpc) is 2.63. The summed E-state index contributed by atoms with van der Waals surface area (Å²) >= 11 is 0. The van der Waals surface area contributed by atoms with Crippen LogP contribution in [0.5, 0.6) is 0 Å². The van der Waals surface area contributed by atoms with Crippen molar-refractivity contribution in [2.24, 2.45) is 0 Å². The first-order valence-electron chi connectivity index (χ1n) is 4.94. The van der Waals surface area contributed by atoms with Gasteiger partial charge in [-0.1, -0.05) is 0 Å². The molecule has 0 aromatic carbocycles. The molecule has 4 N–H and O–H groups in total. The lowest BCUT2D eigenvalue weighted by molar-refractivity contribution is -0.147. The standard InChI is InChI=1S/C9H12N2O6/c12-6-2-1-4(10-6)8(15)11-5(9(16)17)3-7(13)14/h4-5H,1-3H2,(H,10,12)(H,11,15)(H,13,14)(H,16,17)/t4-,5?/m1/s1. The molecule has 1 rings (SSSR count). The molecule has 1 heterocycles. The van der Waals surface area contributed by atoms with Crippen LogP contribution in [0.15, 0.2) is 0 Å². The molecule has 1 saturated heterocycles. The number of carboxylic acid groups (broad SMARTS) is 2. The highest BCUT2D eigenvalue weighted by molar-refractivity contribution is 5.93. The first kappa shape index (κ1) is 12.9. The van der Waals surface area contributed by atoms with Gasteiger partial charge in [-0.05, 0) is 6.42 Å². The Bertz CT molecular complexity index is 366. The number of hydrogen-bond donors (Lipinski definition) is 4. The van der Waals surface area contributed by atoms with Crippen molar-refractivity contribution < 1.29 is 29.4 Å². The van der Waals surface area contributed by atoms with Crippen LogP contribution in [0.1, 0.15) is 19.3 Å². The highest BCUT2D eigenvalue weighted by Gasteiger charge is 2.31. The third-order valence-electron chi connectivity index (χ3n) is 2.31. The van der Waals surface area contributed by atoms with E-state index in [1.54, 1.807) is 0 Å². The third kappa shape index (κ3) is 3.74. The summed E-state index contributed by atoms with van der Waals surface area (Å²) in [6, 6.07) is -2.27. The van der Waals surface area contributed by atoms with Gasteiger partial charge < -0.3 is 20.8 Å². The number of hydrogen-bond acceptors (Lipinski definition) is 4. The van der Waals surface area contributed by atoms with E-state index in [4.69, 9.17) is 10.2 Å². The van der Waals surface area contributed by atoms with Crippen molar-refractivity contribution in [1.29, 1.82) is 0 Å². The van der Waals surface area contributed by atoms with E-state index >= 15 is 0 Å². The van der Waals surface area contributed by atoms with Crippen molar-refractivity contribution in [3.8, 4) is 0 Å². The summed E-state index contributed by atoms with van der Waals surface area (Å²) in [5, 5.41) is 21.6. The maximum absolute atomic E-state index is 11.5. The summed E-state index contributed by atoms with van der Waals surface area (Å²) in [5.74, 6) is -3.71. The van der Waals surface area contributed by atoms with E-state index in [0.29, 0.717) is 0 Å². The zero-order chi connectivity index (χ0) is 13.0. The molecular weight excluding hydrogens is 232 g/mol. The van der Waals surface area contributed by atoms with Gasteiger partial charge >= 0.3 is 11.9 Å². The predicted octanol–water partition coefficient (Wildman–Crippen LogP) is -1.69. The minimum Gasteiger partial charge on any atom is -0.481 e. The summed E-state index contributed by atoms with van der Waals surface area (Å²) in [6.07, 6.45) is -0.222. The smallest absolute Gasteiger partial charge is 0.326 e. The first-order chi connectivity index (χ1) is 7.90. The SMILES string of the molecule is O=C(O)CC(NC(=O)[C@H]1CCC(=O)N1)C(=O)O. The molecule has 0 aromatic heterocycles. The minimum absolute atomic E-state index is 0.203.